The van der Waals surface area contributed by atoms with Crippen molar-refractivity contribution in [1.29, 1.82) is 0 Å². The van der Waals surface area contributed by atoms with Crippen LogP contribution in [-0.2, 0) is 13.0 Å². The third-order valence-electron chi connectivity index (χ3n) is 2.01. The van der Waals surface area contributed by atoms with Crippen LogP contribution in [0.25, 0.3) is 0 Å². The van der Waals surface area contributed by atoms with E-state index in [4.69, 9.17) is 10.0 Å². The number of fused-ring (bicyclic) bond motifs is 1. The van der Waals surface area contributed by atoms with Crippen molar-refractivity contribution in [3.05, 3.63) is 16.5 Å². The Morgan fingerprint density at radius 2 is 2.33 bits per heavy atom. The van der Waals surface area contributed by atoms with Gasteiger partial charge in [-0.25, -0.2) is 0 Å². The molecule has 12 heavy (non-hydrogen) atoms. The molecule has 0 bridgehead atoms. The second-order valence-corrected chi connectivity index (χ2v) is 4.07. The van der Waals surface area contributed by atoms with E-state index < -0.39 is 7.12 Å². The van der Waals surface area contributed by atoms with E-state index in [2.05, 4.69) is 5.32 Å². The lowest BCUT2D eigenvalue weighted by Gasteiger charge is -2.10. The normalized spacial score (nSPS) is 15.8. The average molecular weight is 183 g/mol. The lowest BCUT2D eigenvalue weighted by atomic mass is 9.89. The fraction of sp³-hybridized carbons (Fsp3) is 0.429. The van der Waals surface area contributed by atoms with Crippen LogP contribution in [0.3, 0.4) is 0 Å². The summed E-state index contributed by atoms with van der Waals surface area (Å²) in [6.45, 7) is 1.85. The van der Waals surface area contributed by atoms with E-state index in [0.29, 0.717) is 4.78 Å². The zero-order valence-corrected chi connectivity index (χ0v) is 7.40. The smallest absolute Gasteiger partial charge is 0.423 e. The van der Waals surface area contributed by atoms with Crippen molar-refractivity contribution in [2.45, 2.75) is 13.0 Å². The van der Waals surface area contributed by atoms with Crippen molar-refractivity contribution >= 4 is 23.2 Å². The highest BCUT2D eigenvalue weighted by molar-refractivity contribution is 7.22. The van der Waals surface area contributed by atoms with Crippen molar-refractivity contribution in [1.82, 2.24) is 5.32 Å². The summed E-state index contributed by atoms with van der Waals surface area (Å²) in [7, 11) is -1.31. The van der Waals surface area contributed by atoms with Gasteiger partial charge in [0.05, 0.1) is 0 Å². The highest BCUT2D eigenvalue weighted by Crippen LogP contribution is 2.18. The highest BCUT2D eigenvalue weighted by Gasteiger charge is 2.19. The Labute approximate surface area is 75.2 Å². The zero-order valence-electron chi connectivity index (χ0n) is 6.58. The maximum Gasteiger partial charge on any atom is 0.499 e. The predicted molar refractivity (Wildman–Crippen MR) is 49.6 cm³/mol. The molecular weight excluding hydrogens is 173 g/mol. The van der Waals surface area contributed by atoms with Gasteiger partial charge in [0.15, 0.2) is 0 Å². The summed E-state index contributed by atoms with van der Waals surface area (Å²) >= 11 is 1.50. The minimum Gasteiger partial charge on any atom is -0.423 e. The van der Waals surface area contributed by atoms with Gasteiger partial charge in [-0.05, 0) is 18.1 Å². The molecule has 0 atom stereocenters. The first-order valence-corrected chi connectivity index (χ1v) is 4.77. The lowest BCUT2D eigenvalue weighted by molar-refractivity contribution is 0.427. The fourth-order valence-electron chi connectivity index (χ4n) is 1.40. The largest absolute Gasteiger partial charge is 0.499 e. The molecule has 0 aliphatic carbocycles. The summed E-state index contributed by atoms with van der Waals surface area (Å²) in [6, 6.07) is 1.87. The van der Waals surface area contributed by atoms with Crippen LogP contribution in [0.1, 0.15) is 10.4 Å². The summed E-state index contributed by atoms with van der Waals surface area (Å²) < 4.78 is 0.656. The first kappa shape index (κ1) is 8.25. The second kappa shape index (κ2) is 3.18. The average Bonchev–Trinajstić information content (AvgIpc) is 2.46. The molecule has 0 radical (unpaired) electrons. The second-order valence-electron chi connectivity index (χ2n) is 2.90. The number of hydrogen-bond acceptors (Lipinski definition) is 4. The van der Waals surface area contributed by atoms with Crippen molar-refractivity contribution in [2.24, 2.45) is 0 Å². The zero-order chi connectivity index (χ0) is 8.55. The Morgan fingerprint density at radius 3 is 3.00 bits per heavy atom. The van der Waals surface area contributed by atoms with Gasteiger partial charge < -0.3 is 15.4 Å². The van der Waals surface area contributed by atoms with Gasteiger partial charge in [-0.3, -0.25) is 0 Å². The molecule has 0 aromatic carbocycles. The molecule has 1 aliphatic rings. The SMILES string of the molecule is OB(O)c1cc2c(s1)CCNC2. The first-order chi connectivity index (χ1) is 5.77. The molecule has 3 N–H and O–H groups in total. The predicted octanol–water partition coefficient (Wildman–Crippen LogP) is -0.926. The molecule has 2 rings (SSSR count). The van der Waals surface area contributed by atoms with Crippen molar-refractivity contribution in [3.8, 4) is 0 Å². The van der Waals surface area contributed by atoms with Crippen molar-refractivity contribution in [3.63, 3.8) is 0 Å². The van der Waals surface area contributed by atoms with Crippen LogP contribution in [0.5, 0.6) is 0 Å². The van der Waals surface area contributed by atoms with E-state index in [1.54, 1.807) is 0 Å². The number of nitrogens with one attached hydrogen (secondary N) is 1. The fourth-order valence-corrected chi connectivity index (χ4v) is 2.46. The molecule has 3 nitrogen and oxygen atoms in total. The standard InChI is InChI=1S/C7H10BNO2S/c10-8(11)7-3-5-4-9-2-1-6(5)12-7/h3,9-11H,1-2,4H2. The molecular formula is C7H10BNO2S. The minimum absolute atomic E-state index is 0.656. The molecule has 1 aromatic rings. The van der Waals surface area contributed by atoms with E-state index in [1.165, 1.54) is 21.8 Å². The van der Waals surface area contributed by atoms with Crippen LogP contribution in [0.2, 0.25) is 0 Å². The van der Waals surface area contributed by atoms with Crippen LogP contribution in [0.4, 0.5) is 0 Å². The monoisotopic (exact) mass is 183 g/mol. The van der Waals surface area contributed by atoms with Gasteiger partial charge >= 0.3 is 7.12 Å². The number of thiophene rings is 1. The molecule has 2 heterocycles. The van der Waals surface area contributed by atoms with Crippen LogP contribution >= 0.6 is 11.3 Å². The summed E-state index contributed by atoms with van der Waals surface area (Å²) in [5.74, 6) is 0. The molecule has 0 unspecified atom stereocenters. The molecule has 0 saturated heterocycles. The molecule has 5 heteroatoms. The summed E-state index contributed by atoms with van der Waals surface area (Å²) in [6.07, 6.45) is 1.01. The van der Waals surface area contributed by atoms with Crippen molar-refractivity contribution < 1.29 is 10.0 Å². The van der Waals surface area contributed by atoms with E-state index in [-0.39, 0.29) is 0 Å². The Balaban J connectivity index is 2.32. The van der Waals surface area contributed by atoms with Crippen molar-refractivity contribution in [2.75, 3.05) is 6.54 Å². The maximum absolute atomic E-state index is 8.92. The highest BCUT2D eigenvalue weighted by atomic mass is 32.1. The molecule has 1 aliphatic heterocycles. The topological polar surface area (TPSA) is 52.5 Å². The van der Waals surface area contributed by atoms with Gasteiger partial charge in [-0.1, -0.05) is 0 Å². The number of hydrogen-bond donors (Lipinski definition) is 3. The van der Waals surface area contributed by atoms with Crippen LogP contribution in [-0.4, -0.2) is 23.7 Å². The van der Waals surface area contributed by atoms with Crippen LogP contribution < -0.4 is 10.1 Å². The van der Waals surface area contributed by atoms with Gasteiger partial charge in [0.25, 0.3) is 0 Å². The van der Waals surface area contributed by atoms with Gasteiger partial charge in [0.2, 0.25) is 0 Å². The maximum atomic E-state index is 8.92. The Bertz CT molecular complexity index is 263. The molecule has 1 aromatic heterocycles. The van der Waals surface area contributed by atoms with Gasteiger partial charge in [-0.2, -0.15) is 0 Å². The third-order valence-corrected chi connectivity index (χ3v) is 3.29. The van der Waals surface area contributed by atoms with E-state index in [1.807, 2.05) is 6.07 Å². The molecule has 64 valence electrons. The third kappa shape index (κ3) is 1.41. The van der Waals surface area contributed by atoms with E-state index in [0.717, 1.165) is 19.5 Å². The Kier molecular flexibility index (Phi) is 2.19. The Morgan fingerprint density at radius 1 is 1.50 bits per heavy atom. The number of rotatable bonds is 1. The quantitative estimate of drug-likeness (QED) is 0.493. The summed E-state index contributed by atoms with van der Waals surface area (Å²) in [4.78, 5) is 1.29. The molecule has 0 saturated carbocycles. The van der Waals surface area contributed by atoms with Gasteiger partial charge in [0.1, 0.15) is 0 Å². The summed E-state index contributed by atoms with van der Waals surface area (Å²) in [5.41, 5.74) is 1.22. The van der Waals surface area contributed by atoms with Crippen LogP contribution in [0, 0.1) is 0 Å². The lowest BCUT2D eigenvalue weighted by Crippen LogP contribution is -2.26. The Hall–Kier alpha value is -0.355. The van der Waals surface area contributed by atoms with Gasteiger partial charge in [0, 0.05) is 22.7 Å². The van der Waals surface area contributed by atoms with Crippen LogP contribution in [0.15, 0.2) is 6.07 Å². The molecule has 0 amide bonds. The summed E-state index contributed by atoms with van der Waals surface area (Å²) in [5, 5.41) is 21.1. The molecule has 0 fully saturated rings. The first-order valence-electron chi connectivity index (χ1n) is 3.95. The van der Waals surface area contributed by atoms with E-state index >= 15 is 0 Å². The minimum atomic E-state index is -1.31. The van der Waals surface area contributed by atoms with E-state index in [9.17, 15) is 0 Å². The van der Waals surface area contributed by atoms with Gasteiger partial charge in [-0.15, -0.1) is 11.3 Å². The molecule has 0 spiro atoms.